The van der Waals surface area contributed by atoms with Gasteiger partial charge in [-0.25, -0.2) is 4.39 Å². The third kappa shape index (κ3) is 7.22. The normalized spacial score (nSPS) is 21.2. The van der Waals surface area contributed by atoms with Crippen LogP contribution in [0.15, 0.2) is 30.3 Å². The van der Waals surface area contributed by atoms with E-state index in [0.717, 1.165) is 80.9 Å². The van der Waals surface area contributed by atoms with Gasteiger partial charge >= 0.3 is 0 Å². The molecule has 47 heavy (non-hydrogen) atoms. The Morgan fingerprint density at radius 1 is 1.02 bits per heavy atom. The van der Waals surface area contributed by atoms with Gasteiger partial charge < -0.3 is 30.1 Å². The molecule has 1 atom stereocenters. The fourth-order valence-electron chi connectivity index (χ4n) is 7.31. The lowest BCUT2D eigenvalue weighted by atomic mass is 9.94. The number of carbonyl (C=O) groups is 4. The first-order chi connectivity index (χ1) is 22.6. The Bertz CT molecular complexity index is 1530. The summed E-state index contributed by atoms with van der Waals surface area (Å²) >= 11 is 0. The molecule has 4 amide bonds. The molecule has 4 aliphatic rings. The molecule has 0 radical (unpaired) electrons. The molecule has 0 aromatic heterocycles. The molecule has 4 heterocycles. The monoisotopic (exact) mass is 648 g/mol. The Morgan fingerprint density at radius 2 is 1.77 bits per heavy atom. The molecule has 0 spiro atoms. The largest absolute Gasteiger partial charge is 0.489 e. The molecule has 2 aromatic rings. The molecule has 12 heteroatoms. The van der Waals surface area contributed by atoms with Gasteiger partial charge in [0.2, 0.25) is 11.8 Å². The van der Waals surface area contributed by atoms with E-state index in [2.05, 4.69) is 31.8 Å². The van der Waals surface area contributed by atoms with Gasteiger partial charge in [0.15, 0.2) is 0 Å². The van der Waals surface area contributed by atoms with Crippen LogP contribution < -0.4 is 25.6 Å². The van der Waals surface area contributed by atoms with E-state index in [1.54, 1.807) is 6.07 Å². The molecule has 0 aliphatic carbocycles. The lowest BCUT2D eigenvalue weighted by Gasteiger charge is -2.40. The summed E-state index contributed by atoms with van der Waals surface area (Å²) in [5.74, 6) is -0.886. The second kappa shape index (κ2) is 13.9. The van der Waals surface area contributed by atoms with Crippen LogP contribution in [-0.4, -0.2) is 91.4 Å². The molecule has 4 aliphatic heterocycles. The maximum absolute atomic E-state index is 15.0. The number of hydrogen-bond donors (Lipinski definition) is 3. The maximum Gasteiger partial charge on any atom is 0.254 e. The highest BCUT2D eigenvalue weighted by atomic mass is 19.1. The van der Waals surface area contributed by atoms with Crippen LogP contribution in [-0.2, 0) is 16.1 Å². The van der Waals surface area contributed by atoms with E-state index in [0.29, 0.717) is 18.2 Å². The average Bonchev–Trinajstić information content (AvgIpc) is 3.37. The number of imide groups is 1. The summed E-state index contributed by atoms with van der Waals surface area (Å²) < 4.78 is 21.0. The summed E-state index contributed by atoms with van der Waals surface area (Å²) in [6, 6.07) is 7.93. The number of likely N-dealkylation sites (tertiary alicyclic amines) is 1. The first-order valence-corrected chi connectivity index (χ1v) is 16.8. The van der Waals surface area contributed by atoms with Crippen molar-refractivity contribution in [1.82, 2.24) is 20.4 Å². The second-order valence-corrected chi connectivity index (χ2v) is 13.5. The van der Waals surface area contributed by atoms with Gasteiger partial charge in [0.25, 0.3) is 11.8 Å². The highest BCUT2D eigenvalue weighted by molar-refractivity contribution is 6.04. The number of halogens is 1. The predicted molar refractivity (Wildman–Crippen MR) is 176 cm³/mol. The van der Waals surface area contributed by atoms with Crippen molar-refractivity contribution in [3.05, 3.63) is 52.8 Å². The Hall–Kier alpha value is -4.19. The molecule has 11 nitrogen and oxygen atoms in total. The number of ether oxygens (including phenoxy) is 1. The highest BCUT2D eigenvalue weighted by Crippen LogP contribution is 2.36. The van der Waals surface area contributed by atoms with Crippen molar-refractivity contribution in [2.75, 3.05) is 50.0 Å². The molecule has 2 aromatic carbocycles. The lowest BCUT2D eigenvalue weighted by molar-refractivity contribution is -0.134. The molecule has 3 saturated heterocycles. The lowest BCUT2D eigenvalue weighted by Crippen LogP contribution is -2.52. The summed E-state index contributed by atoms with van der Waals surface area (Å²) in [6.07, 6.45) is 4.25. The van der Waals surface area contributed by atoms with E-state index < -0.39 is 23.7 Å². The van der Waals surface area contributed by atoms with Crippen LogP contribution >= 0.6 is 0 Å². The summed E-state index contributed by atoms with van der Waals surface area (Å²) in [7, 11) is 1.87. The van der Waals surface area contributed by atoms with Gasteiger partial charge in [-0.2, -0.15) is 0 Å². The molecular formula is C35H45FN6O5. The number of nitrogens with zero attached hydrogens (tertiary/aromatic N) is 3. The van der Waals surface area contributed by atoms with Crippen LogP contribution in [0.2, 0.25) is 0 Å². The Balaban J connectivity index is 0.960. The highest BCUT2D eigenvalue weighted by Gasteiger charge is 2.36. The van der Waals surface area contributed by atoms with Gasteiger partial charge in [-0.05, 0) is 87.8 Å². The van der Waals surface area contributed by atoms with Crippen molar-refractivity contribution in [1.29, 1.82) is 0 Å². The molecule has 6 rings (SSSR count). The second-order valence-electron chi connectivity index (χ2n) is 13.5. The van der Waals surface area contributed by atoms with Gasteiger partial charge in [-0.3, -0.25) is 24.5 Å². The maximum atomic E-state index is 15.0. The van der Waals surface area contributed by atoms with Crippen molar-refractivity contribution in [3.63, 3.8) is 0 Å². The number of rotatable bonds is 9. The smallest absolute Gasteiger partial charge is 0.254 e. The number of anilines is 2. The molecule has 3 N–H and O–H groups in total. The first kappa shape index (κ1) is 32.7. The van der Waals surface area contributed by atoms with Crippen molar-refractivity contribution in [2.24, 2.45) is 5.92 Å². The number of nitrogens with one attached hydrogen (secondary N) is 3. The zero-order valence-electron chi connectivity index (χ0n) is 27.4. The van der Waals surface area contributed by atoms with Crippen molar-refractivity contribution >= 4 is 35.0 Å². The van der Waals surface area contributed by atoms with E-state index >= 15 is 4.39 Å². The number of piperidine rings is 3. The fourth-order valence-corrected chi connectivity index (χ4v) is 7.31. The van der Waals surface area contributed by atoms with Crippen LogP contribution in [0.4, 0.5) is 15.8 Å². The minimum absolute atomic E-state index is 0.0218. The van der Waals surface area contributed by atoms with Crippen LogP contribution in [0.25, 0.3) is 0 Å². The first-order valence-electron chi connectivity index (χ1n) is 16.8. The quantitative estimate of drug-likeness (QED) is 0.353. The molecular weight excluding hydrogens is 603 g/mol. The zero-order valence-corrected chi connectivity index (χ0v) is 27.4. The Labute approximate surface area is 275 Å². The standard InChI is InChI=1S/C35H45FN6O5/c1-21(2)47-31-18-27-23(16-30(31)37-3)20-42(35(27)46)24-10-12-40(13-11-24)19-22-8-14-41(15-9-22)25-4-5-26(28(36)17-25)33(44)38-29-6-7-32(43)39-34(29)45/h4-5,16-18,21-22,24,29,37H,6-15,19-20H2,1-3H3,(H,38,44)(H,39,43,45). The van der Waals surface area contributed by atoms with E-state index in [1.165, 1.54) is 12.1 Å². The minimum atomic E-state index is -0.853. The number of carbonyl (C=O) groups excluding carboxylic acids is 4. The van der Waals surface area contributed by atoms with E-state index in [9.17, 15) is 19.2 Å². The Kier molecular flexibility index (Phi) is 9.67. The number of amides is 4. The SMILES string of the molecule is CNc1cc2c(cc1OC(C)C)C(=O)N(C1CCN(CC3CCN(c4ccc(C(=O)NC5CCC(=O)NC5=O)c(F)c4)CC3)CC1)C2. The summed E-state index contributed by atoms with van der Waals surface area (Å²) in [6.45, 7) is 9.15. The van der Waals surface area contributed by atoms with Crippen LogP contribution in [0, 0.1) is 11.7 Å². The van der Waals surface area contributed by atoms with Gasteiger partial charge in [0.05, 0.1) is 17.4 Å². The number of fused-ring (bicyclic) bond motifs is 1. The van der Waals surface area contributed by atoms with Gasteiger partial charge in [0.1, 0.15) is 17.6 Å². The summed E-state index contributed by atoms with van der Waals surface area (Å²) in [5, 5.41) is 7.94. The number of hydrogen-bond acceptors (Lipinski definition) is 8. The molecule has 1 unspecified atom stereocenters. The minimum Gasteiger partial charge on any atom is -0.489 e. The molecule has 252 valence electrons. The zero-order chi connectivity index (χ0) is 33.2. The Morgan fingerprint density at radius 3 is 2.43 bits per heavy atom. The molecule has 3 fully saturated rings. The summed E-state index contributed by atoms with van der Waals surface area (Å²) in [5.41, 5.74) is 3.32. The predicted octanol–water partition coefficient (Wildman–Crippen LogP) is 3.53. The van der Waals surface area contributed by atoms with E-state index in [1.807, 2.05) is 31.9 Å². The average molecular weight is 649 g/mol. The van der Waals surface area contributed by atoms with Crippen LogP contribution in [0.1, 0.15) is 78.7 Å². The van der Waals surface area contributed by atoms with Crippen LogP contribution in [0.5, 0.6) is 5.75 Å². The van der Waals surface area contributed by atoms with E-state index in [-0.39, 0.29) is 42.4 Å². The molecule has 0 saturated carbocycles. The van der Waals surface area contributed by atoms with Crippen LogP contribution in [0.3, 0.4) is 0 Å². The van der Waals surface area contributed by atoms with Crippen molar-refractivity contribution in [2.45, 2.75) is 77.1 Å². The molecule has 0 bridgehead atoms. The van der Waals surface area contributed by atoms with Gasteiger partial charge in [-0.15, -0.1) is 0 Å². The van der Waals surface area contributed by atoms with E-state index in [4.69, 9.17) is 4.74 Å². The van der Waals surface area contributed by atoms with Crippen molar-refractivity contribution < 1.29 is 28.3 Å². The number of benzene rings is 2. The summed E-state index contributed by atoms with van der Waals surface area (Å²) in [4.78, 5) is 56.1. The topological polar surface area (TPSA) is 123 Å². The van der Waals surface area contributed by atoms with Gasteiger partial charge in [-0.1, -0.05) is 0 Å². The third-order valence-electron chi connectivity index (χ3n) is 9.91. The van der Waals surface area contributed by atoms with Crippen molar-refractivity contribution in [3.8, 4) is 5.75 Å². The third-order valence-corrected chi connectivity index (χ3v) is 9.91. The van der Waals surface area contributed by atoms with Gasteiger partial charge in [0, 0.05) is 70.0 Å². The fraction of sp³-hybridized carbons (Fsp3) is 0.543.